The fraction of sp³-hybridized carbons (Fsp3) is 0.194. The number of para-hydroxylation sites is 2. The van der Waals surface area contributed by atoms with E-state index in [1.54, 1.807) is 13.2 Å². The molecule has 1 atom stereocenters. The van der Waals surface area contributed by atoms with Gasteiger partial charge in [0.1, 0.15) is 17.6 Å². The monoisotopic (exact) mass is 540 g/mol. The highest BCUT2D eigenvalue weighted by atomic mass is 19.1. The van der Waals surface area contributed by atoms with E-state index >= 15 is 0 Å². The van der Waals surface area contributed by atoms with Crippen molar-refractivity contribution < 1.29 is 23.5 Å². The highest BCUT2D eigenvalue weighted by molar-refractivity contribution is 5.99. The maximum absolute atomic E-state index is 13.8. The van der Waals surface area contributed by atoms with Gasteiger partial charge in [-0.1, -0.05) is 43.3 Å². The number of halogens is 1. The highest BCUT2D eigenvalue weighted by Gasteiger charge is 2.24. The lowest BCUT2D eigenvalue weighted by atomic mass is 9.98. The van der Waals surface area contributed by atoms with E-state index in [1.165, 1.54) is 12.1 Å². The van der Waals surface area contributed by atoms with E-state index in [1.807, 2.05) is 61.5 Å². The number of aryl methyl sites for hydroxylation is 2. The maximum Gasteiger partial charge on any atom is 0.326 e. The van der Waals surface area contributed by atoms with Gasteiger partial charge >= 0.3 is 5.97 Å². The second kappa shape index (κ2) is 11.4. The Balaban J connectivity index is 1.22. The smallest absolute Gasteiger partial charge is 0.326 e. The van der Waals surface area contributed by atoms with Crippen LogP contribution in [0.5, 0.6) is 0 Å². The average molecular weight is 541 g/mol. The summed E-state index contributed by atoms with van der Waals surface area (Å²) in [6, 6.07) is 18.5. The SMILES string of the molecule is CCc1cc(F)cc(C)c1C(=O)N[C@@H](Cc1ccc(-c2cc(CNc3nc4ccccc4[nH]3)co2)cc1)C(=O)O. The lowest BCUT2D eigenvalue weighted by Crippen LogP contribution is -2.42. The molecule has 2 aromatic heterocycles. The molecule has 0 aliphatic carbocycles. The van der Waals surface area contributed by atoms with Crippen LogP contribution >= 0.6 is 0 Å². The molecule has 0 aliphatic rings. The standard InChI is InChI=1S/C31H29FN4O4/c1-3-21-15-23(32)12-18(2)28(21)29(37)34-26(30(38)39)13-19-8-10-22(11-9-19)27-14-20(17-40-27)16-33-31-35-24-6-4-5-7-25(24)36-31/h4-12,14-15,17,26H,3,13,16H2,1-2H3,(H,34,37)(H,38,39)(H2,33,35,36)/t26-/m0/s1. The van der Waals surface area contributed by atoms with Crippen LogP contribution in [0.3, 0.4) is 0 Å². The summed E-state index contributed by atoms with van der Waals surface area (Å²) in [5.41, 5.74) is 5.68. The highest BCUT2D eigenvalue weighted by Crippen LogP contribution is 2.24. The molecule has 204 valence electrons. The number of hydrogen-bond donors (Lipinski definition) is 4. The topological polar surface area (TPSA) is 120 Å². The van der Waals surface area contributed by atoms with Gasteiger partial charge in [0.05, 0.1) is 17.3 Å². The number of rotatable bonds is 10. The number of amides is 1. The third-order valence-corrected chi connectivity index (χ3v) is 6.77. The summed E-state index contributed by atoms with van der Waals surface area (Å²) in [6.45, 7) is 3.98. The molecule has 0 spiro atoms. The first-order chi connectivity index (χ1) is 19.3. The number of carbonyl (C=O) groups excluding carboxylic acids is 1. The lowest BCUT2D eigenvalue weighted by molar-refractivity contribution is -0.139. The minimum atomic E-state index is -1.15. The van der Waals surface area contributed by atoms with E-state index in [-0.39, 0.29) is 6.42 Å². The number of fused-ring (bicyclic) bond motifs is 1. The Labute approximate surface area is 230 Å². The first-order valence-electron chi connectivity index (χ1n) is 13.0. The van der Waals surface area contributed by atoms with Crippen molar-refractivity contribution in [3.05, 3.63) is 107 Å². The number of nitrogens with zero attached hydrogens (tertiary/aromatic N) is 1. The number of carboxylic acids is 1. The number of hydrogen-bond acceptors (Lipinski definition) is 5. The van der Waals surface area contributed by atoms with Crippen LogP contribution in [-0.4, -0.2) is 33.0 Å². The number of carbonyl (C=O) groups is 2. The third kappa shape index (κ3) is 5.88. The Morgan fingerprint density at radius 3 is 2.58 bits per heavy atom. The fourth-order valence-corrected chi connectivity index (χ4v) is 4.73. The zero-order valence-electron chi connectivity index (χ0n) is 22.1. The van der Waals surface area contributed by atoms with Crippen LogP contribution in [0.1, 0.15) is 39.5 Å². The molecule has 9 heteroatoms. The summed E-state index contributed by atoms with van der Waals surface area (Å²) in [6.07, 6.45) is 2.22. The molecule has 5 aromatic rings. The molecule has 0 bridgehead atoms. The Morgan fingerprint density at radius 2 is 1.85 bits per heavy atom. The number of aromatic amines is 1. The summed E-state index contributed by atoms with van der Waals surface area (Å²) in [5, 5.41) is 15.6. The lowest BCUT2D eigenvalue weighted by Gasteiger charge is -2.17. The Kier molecular flexibility index (Phi) is 7.63. The Morgan fingerprint density at radius 1 is 1.07 bits per heavy atom. The summed E-state index contributed by atoms with van der Waals surface area (Å²) in [5.74, 6) is -0.753. The second-order valence-electron chi connectivity index (χ2n) is 9.65. The van der Waals surface area contributed by atoms with Gasteiger partial charge in [0.2, 0.25) is 5.95 Å². The minimum absolute atomic E-state index is 0.0912. The number of benzene rings is 3. The molecule has 0 radical (unpaired) electrons. The van der Waals surface area contributed by atoms with Gasteiger partial charge in [0.15, 0.2) is 0 Å². The van der Waals surface area contributed by atoms with E-state index in [9.17, 15) is 19.1 Å². The van der Waals surface area contributed by atoms with E-state index < -0.39 is 23.7 Å². The van der Waals surface area contributed by atoms with Crippen molar-refractivity contribution in [3.63, 3.8) is 0 Å². The van der Waals surface area contributed by atoms with Gasteiger partial charge in [0.25, 0.3) is 5.91 Å². The van der Waals surface area contributed by atoms with E-state index in [0.29, 0.717) is 41.4 Å². The summed E-state index contributed by atoms with van der Waals surface area (Å²) in [7, 11) is 0. The van der Waals surface area contributed by atoms with Crippen LogP contribution in [0.15, 0.2) is 77.4 Å². The van der Waals surface area contributed by atoms with Crippen molar-refractivity contribution in [2.24, 2.45) is 0 Å². The quantitative estimate of drug-likeness (QED) is 0.176. The number of aromatic nitrogens is 2. The maximum atomic E-state index is 13.8. The van der Waals surface area contributed by atoms with Gasteiger partial charge in [-0.2, -0.15) is 0 Å². The van der Waals surface area contributed by atoms with Crippen molar-refractivity contribution in [2.75, 3.05) is 5.32 Å². The number of carboxylic acid groups (broad SMARTS) is 1. The van der Waals surface area contributed by atoms with E-state index in [4.69, 9.17) is 4.42 Å². The molecule has 1 amide bonds. The van der Waals surface area contributed by atoms with Gasteiger partial charge in [-0.25, -0.2) is 14.2 Å². The third-order valence-electron chi connectivity index (χ3n) is 6.77. The number of aliphatic carboxylic acids is 1. The number of nitrogens with one attached hydrogen (secondary N) is 3. The summed E-state index contributed by atoms with van der Waals surface area (Å²) in [4.78, 5) is 32.7. The molecular weight excluding hydrogens is 511 g/mol. The molecule has 5 rings (SSSR count). The van der Waals surface area contributed by atoms with Crippen molar-refractivity contribution in [3.8, 4) is 11.3 Å². The molecule has 40 heavy (non-hydrogen) atoms. The number of imidazole rings is 1. The largest absolute Gasteiger partial charge is 0.480 e. The summed E-state index contributed by atoms with van der Waals surface area (Å²) < 4.78 is 19.6. The van der Waals surface area contributed by atoms with Crippen LogP contribution in [0, 0.1) is 12.7 Å². The molecule has 0 aliphatic heterocycles. The zero-order valence-corrected chi connectivity index (χ0v) is 22.1. The first-order valence-corrected chi connectivity index (χ1v) is 13.0. The van der Waals surface area contributed by atoms with Gasteiger partial charge in [-0.05, 0) is 60.4 Å². The van der Waals surface area contributed by atoms with Crippen LogP contribution < -0.4 is 10.6 Å². The van der Waals surface area contributed by atoms with Gasteiger partial charge in [0, 0.05) is 29.7 Å². The van der Waals surface area contributed by atoms with Gasteiger partial charge in [-0.3, -0.25) is 4.79 Å². The van der Waals surface area contributed by atoms with Crippen molar-refractivity contribution >= 4 is 28.9 Å². The zero-order chi connectivity index (χ0) is 28.2. The first kappa shape index (κ1) is 26.7. The Bertz CT molecular complexity index is 1640. The normalized spacial score (nSPS) is 11.9. The molecule has 0 fully saturated rings. The predicted octanol–water partition coefficient (Wildman–Crippen LogP) is 5.87. The second-order valence-corrected chi connectivity index (χ2v) is 9.65. The van der Waals surface area contributed by atoms with Crippen molar-refractivity contribution in [2.45, 2.75) is 39.3 Å². The molecule has 8 nitrogen and oxygen atoms in total. The fourth-order valence-electron chi connectivity index (χ4n) is 4.73. The van der Waals surface area contributed by atoms with Gasteiger partial charge in [-0.15, -0.1) is 0 Å². The van der Waals surface area contributed by atoms with Gasteiger partial charge < -0.3 is 25.1 Å². The number of furan rings is 1. The molecule has 2 heterocycles. The van der Waals surface area contributed by atoms with Crippen LogP contribution in [0.4, 0.5) is 10.3 Å². The molecule has 3 aromatic carbocycles. The van der Waals surface area contributed by atoms with Crippen molar-refractivity contribution in [1.82, 2.24) is 15.3 Å². The number of H-pyrrole nitrogens is 1. The van der Waals surface area contributed by atoms with Crippen LogP contribution in [-0.2, 0) is 24.2 Å². The molecule has 4 N–H and O–H groups in total. The predicted molar refractivity (Wildman–Crippen MR) is 151 cm³/mol. The molecule has 0 saturated carbocycles. The molecular formula is C31H29FN4O4. The minimum Gasteiger partial charge on any atom is -0.480 e. The van der Waals surface area contributed by atoms with Crippen molar-refractivity contribution in [1.29, 1.82) is 0 Å². The van der Waals surface area contributed by atoms with Crippen LogP contribution in [0.25, 0.3) is 22.4 Å². The van der Waals surface area contributed by atoms with E-state index in [2.05, 4.69) is 20.6 Å². The van der Waals surface area contributed by atoms with E-state index in [0.717, 1.165) is 27.7 Å². The Hall–Kier alpha value is -4.92. The average Bonchev–Trinajstić information content (AvgIpc) is 3.58. The van der Waals surface area contributed by atoms with Crippen LogP contribution in [0.2, 0.25) is 0 Å². The summed E-state index contributed by atoms with van der Waals surface area (Å²) >= 11 is 0. The number of anilines is 1. The molecule has 0 unspecified atom stereocenters. The molecule has 0 saturated heterocycles.